The average molecular weight is 156 g/mol. The van der Waals surface area contributed by atoms with Crippen LogP contribution in [0.15, 0.2) is 36.8 Å². The Bertz CT molecular complexity index is 170. The molecule has 0 aromatic rings. The summed E-state index contributed by atoms with van der Waals surface area (Å²) in [5.41, 5.74) is 0. The summed E-state index contributed by atoms with van der Waals surface area (Å²) in [6.07, 6.45) is 2.94. The summed E-state index contributed by atoms with van der Waals surface area (Å²) >= 11 is 0. The van der Waals surface area contributed by atoms with Gasteiger partial charge in [-0.3, -0.25) is 0 Å². The molecule has 0 amide bonds. The van der Waals surface area contributed by atoms with Gasteiger partial charge in [0.1, 0.15) is 12.4 Å². The normalized spacial score (nSPS) is 10.8. The van der Waals surface area contributed by atoms with E-state index in [0.29, 0.717) is 0 Å². The number of aliphatic hydroxyl groups excluding tert-OH is 2. The first-order valence-electron chi connectivity index (χ1n) is 3.17. The lowest BCUT2D eigenvalue weighted by molar-refractivity contribution is 0.138. The van der Waals surface area contributed by atoms with Crippen molar-refractivity contribution in [2.24, 2.45) is 0 Å². The molecule has 3 nitrogen and oxygen atoms in total. The van der Waals surface area contributed by atoms with E-state index in [0.717, 1.165) is 0 Å². The average Bonchev–Trinajstić information content (AvgIpc) is 1.97. The van der Waals surface area contributed by atoms with Crippen molar-refractivity contribution in [2.75, 3.05) is 13.2 Å². The van der Waals surface area contributed by atoms with Gasteiger partial charge in [-0.2, -0.15) is 0 Å². The molecule has 0 fully saturated rings. The summed E-state index contributed by atoms with van der Waals surface area (Å²) in [6.45, 7) is 6.72. The van der Waals surface area contributed by atoms with Crippen molar-refractivity contribution in [3.63, 3.8) is 0 Å². The maximum absolute atomic E-state index is 8.85. The third-order valence-electron chi connectivity index (χ3n) is 0.903. The van der Waals surface area contributed by atoms with Crippen LogP contribution in [0.2, 0.25) is 0 Å². The molecule has 0 spiro atoms. The van der Waals surface area contributed by atoms with Crippen LogP contribution in [0.1, 0.15) is 0 Å². The predicted octanol–water partition coefficient (Wildman–Crippen LogP) is 1.14. The molecular weight excluding hydrogens is 144 g/mol. The van der Waals surface area contributed by atoms with Crippen LogP contribution in [0.5, 0.6) is 0 Å². The standard InChI is InChI=1S/C8H12O3/c1-3-4-8(7(2)10)11-6-5-9/h3-4,9-10H,1-2,5-6H2/b8-4+. The predicted molar refractivity (Wildman–Crippen MR) is 43.1 cm³/mol. The van der Waals surface area contributed by atoms with Gasteiger partial charge in [-0.25, -0.2) is 0 Å². The molecule has 0 saturated carbocycles. The minimum atomic E-state index is -0.168. The van der Waals surface area contributed by atoms with E-state index in [1.54, 1.807) is 0 Å². The molecule has 0 atom stereocenters. The lowest BCUT2D eigenvalue weighted by atomic mass is 10.4. The first kappa shape index (κ1) is 9.78. The maximum Gasteiger partial charge on any atom is 0.160 e. The molecule has 0 rings (SSSR count). The van der Waals surface area contributed by atoms with Crippen LogP contribution in [0.3, 0.4) is 0 Å². The highest BCUT2D eigenvalue weighted by Gasteiger charge is 1.98. The minimum Gasteiger partial charge on any atom is -0.505 e. The second kappa shape index (κ2) is 5.56. The van der Waals surface area contributed by atoms with Gasteiger partial charge in [0, 0.05) is 0 Å². The number of hydrogen-bond donors (Lipinski definition) is 2. The van der Waals surface area contributed by atoms with E-state index in [1.807, 2.05) is 0 Å². The zero-order valence-electron chi connectivity index (χ0n) is 6.29. The lowest BCUT2D eigenvalue weighted by Gasteiger charge is -2.05. The molecule has 3 heteroatoms. The molecule has 62 valence electrons. The molecule has 0 aliphatic carbocycles. The van der Waals surface area contributed by atoms with Gasteiger partial charge < -0.3 is 14.9 Å². The fourth-order valence-corrected chi connectivity index (χ4v) is 0.490. The van der Waals surface area contributed by atoms with E-state index in [-0.39, 0.29) is 24.7 Å². The summed E-state index contributed by atoms with van der Waals surface area (Å²) in [6, 6.07) is 0. The monoisotopic (exact) mass is 156 g/mol. The molecule has 0 radical (unpaired) electrons. The van der Waals surface area contributed by atoms with E-state index in [1.165, 1.54) is 12.2 Å². The Balaban J connectivity index is 4.00. The van der Waals surface area contributed by atoms with Crippen molar-refractivity contribution in [1.29, 1.82) is 0 Å². The number of allylic oxidation sites excluding steroid dienone is 2. The molecular formula is C8H12O3. The molecule has 0 aliphatic rings. The highest BCUT2D eigenvalue weighted by atomic mass is 16.5. The first-order valence-corrected chi connectivity index (χ1v) is 3.17. The Morgan fingerprint density at radius 3 is 2.55 bits per heavy atom. The van der Waals surface area contributed by atoms with Crippen LogP contribution in [-0.2, 0) is 4.74 Å². The fraction of sp³-hybridized carbons (Fsp3) is 0.250. The van der Waals surface area contributed by atoms with Gasteiger partial charge in [0.15, 0.2) is 5.76 Å². The summed E-state index contributed by atoms with van der Waals surface area (Å²) in [4.78, 5) is 0. The Morgan fingerprint density at radius 1 is 1.55 bits per heavy atom. The molecule has 0 saturated heterocycles. The number of aliphatic hydroxyl groups is 2. The van der Waals surface area contributed by atoms with Crippen molar-refractivity contribution in [3.05, 3.63) is 36.8 Å². The summed E-state index contributed by atoms with van der Waals surface area (Å²) in [7, 11) is 0. The largest absolute Gasteiger partial charge is 0.505 e. The molecule has 0 unspecified atom stereocenters. The summed E-state index contributed by atoms with van der Waals surface area (Å²) in [5.74, 6) is 0.0624. The topological polar surface area (TPSA) is 49.7 Å². The van der Waals surface area contributed by atoms with Crippen LogP contribution in [0.4, 0.5) is 0 Å². The van der Waals surface area contributed by atoms with Gasteiger partial charge in [-0.1, -0.05) is 19.2 Å². The third kappa shape index (κ3) is 4.22. The van der Waals surface area contributed by atoms with Gasteiger partial charge in [0.2, 0.25) is 0 Å². The van der Waals surface area contributed by atoms with Crippen LogP contribution < -0.4 is 0 Å². The smallest absolute Gasteiger partial charge is 0.160 e. The van der Waals surface area contributed by atoms with Crippen LogP contribution in [0, 0.1) is 0 Å². The van der Waals surface area contributed by atoms with Gasteiger partial charge in [-0.05, 0) is 6.08 Å². The number of hydrogen-bond acceptors (Lipinski definition) is 3. The molecule has 11 heavy (non-hydrogen) atoms. The highest BCUT2D eigenvalue weighted by molar-refractivity contribution is 5.19. The Hall–Kier alpha value is -1.22. The SMILES string of the molecule is C=C/C=C(/OCCO)C(=C)O. The first-order chi connectivity index (χ1) is 5.22. The van der Waals surface area contributed by atoms with E-state index in [2.05, 4.69) is 13.2 Å². The summed E-state index contributed by atoms with van der Waals surface area (Å²) in [5, 5.41) is 17.2. The molecule has 0 heterocycles. The second-order valence-corrected chi connectivity index (χ2v) is 1.79. The molecule has 0 bridgehead atoms. The van der Waals surface area contributed by atoms with Crippen molar-refractivity contribution in [2.45, 2.75) is 0 Å². The van der Waals surface area contributed by atoms with Gasteiger partial charge in [0.05, 0.1) is 6.61 Å². The second-order valence-electron chi connectivity index (χ2n) is 1.79. The zero-order chi connectivity index (χ0) is 8.69. The molecule has 0 aromatic carbocycles. The van der Waals surface area contributed by atoms with E-state index in [9.17, 15) is 0 Å². The van der Waals surface area contributed by atoms with Gasteiger partial charge >= 0.3 is 0 Å². The van der Waals surface area contributed by atoms with Crippen molar-refractivity contribution in [3.8, 4) is 0 Å². The van der Waals surface area contributed by atoms with Crippen molar-refractivity contribution < 1.29 is 14.9 Å². The van der Waals surface area contributed by atoms with Crippen LogP contribution >= 0.6 is 0 Å². The summed E-state index contributed by atoms with van der Waals surface area (Å²) < 4.78 is 4.88. The van der Waals surface area contributed by atoms with Crippen molar-refractivity contribution in [1.82, 2.24) is 0 Å². The van der Waals surface area contributed by atoms with Gasteiger partial charge in [0.25, 0.3) is 0 Å². The number of rotatable bonds is 5. The van der Waals surface area contributed by atoms with E-state index in [4.69, 9.17) is 14.9 Å². The molecule has 0 aliphatic heterocycles. The Morgan fingerprint density at radius 2 is 2.18 bits per heavy atom. The zero-order valence-corrected chi connectivity index (χ0v) is 6.29. The van der Waals surface area contributed by atoms with E-state index >= 15 is 0 Å². The van der Waals surface area contributed by atoms with E-state index < -0.39 is 0 Å². The maximum atomic E-state index is 8.85. The fourth-order valence-electron chi connectivity index (χ4n) is 0.490. The minimum absolute atomic E-state index is 0.0955. The Labute approximate surface area is 65.9 Å². The Kier molecular flexibility index (Phi) is 4.94. The van der Waals surface area contributed by atoms with Crippen LogP contribution in [-0.4, -0.2) is 23.4 Å². The quantitative estimate of drug-likeness (QED) is 0.463. The third-order valence-corrected chi connectivity index (χ3v) is 0.903. The molecule has 0 aromatic heterocycles. The lowest BCUT2D eigenvalue weighted by Crippen LogP contribution is -2.00. The number of ether oxygens (including phenoxy) is 1. The highest BCUT2D eigenvalue weighted by Crippen LogP contribution is 2.05. The molecule has 2 N–H and O–H groups in total. The van der Waals surface area contributed by atoms with Gasteiger partial charge in [-0.15, -0.1) is 0 Å². The van der Waals surface area contributed by atoms with Crippen LogP contribution in [0.25, 0.3) is 0 Å². The van der Waals surface area contributed by atoms with Crippen molar-refractivity contribution >= 4 is 0 Å².